The first kappa shape index (κ1) is 32.6. The molecule has 4 aromatic rings. The predicted molar refractivity (Wildman–Crippen MR) is 172 cm³/mol. The topological polar surface area (TPSA) is 107 Å². The van der Waals surface area contributed by atoms with Crippen molar-refractivity contribution in [3.63, 3.8) is 0 Å². The Bertz CT molecular complexity index is 2020. The number of carboxylic acid groups (broad SMARTS) is 1. The number of alkyl halides is 1. The maximum Gasteiger partial charge on any atom is 0.305 e. The van der Waals surface area contributed by atoms with Gasteiger partial charge in [0, 0.05) is 24.5 Å². The van der Waals surface area contributed by atoms with Gasteiger partial charge in [0.05, 0.1) is 31.2 Å². The van der Waals surface area contributed by atoms with E-state index in [0.29, 0.717) is 28.0 Å². The zero-order valence-corrected chi connectivity index (χ0v) is 27.3. The highest BCUT2D eigenvalue weighted by Gasteiger charge is 2.69. The second-order valence-electron chi connectivity index (χ2n) is 14.0. The van der Waals surface area contributed by atoms with Gasteiger partial charge in [-0.15, -0.1) is 0 Å². The average Bonchev–Trinajstić information content (AvgIpc) is 3.38. The molecule has 49 heavy (non-hydrogen) atoms. The fraction of sp³-hybridized carbons (Fsp3) is 0.389. The van der Waals surface area contributed by atoms with E-state index in [4.69, 9.17) is 0 Å². The molecule has 2 saturated heterocycles. The van der Waals surface area contributed by atoms with Crippen LogP contribution in [0.5, 0.6) is 0 Å². The Morgan fingerprint density at radius 1 is 1.06 bits per heavy atom. The van der Waals surface area contributed by atoms with Crippen LogP contribution < -0.4 is 10.2 Å². The van der Waals surface area contributed by atoms with E-state index in [0.717, 1.165) is 6.07 Å². The molecule has 7 rings (SSSR count). The Morgan fingerprint density at radius 2 is 1.76 bits per heavy atom. The number of nitrogens with zero attached hydrogens (tertiary/aromatic N) is 4. The van der Waals surface area contributed by atoms with Gasteiger partial charge in [-0.3, -0.25) is 14.4 Å². The minimum Gasteiger partial charge on any atom is -0.481 e. The number of aliphatic carboxylic acids is 1. The molecule has 4 heterocycles. The van der Waals surface area contributed by atoms with Crippen LogP contribution in [0.2, 0.25) is 0 Å². The minimum absolute atomic E-state index is 0.0257. The molecule has 1 aliphatic carbocycles. The van der Waals surface area contributed by atoms with Gasteiger partial charge in [0.1, 0.15) is 23.7 Å². The Balaban J connectivity index is 1.21. The number of carbonyl (C=O) groups is 3. The number of nitrogens with one attached hydrogen (secondary N) is 1. The van der Waals surface area contributed by atoms with E-state index in [1.54, 1.807) is 42.8 Å². The van der Waals surface area contributed by atoms with Crippen LogP contribution in [-0.4, -0.2) is 69.0 Å². The van der Waals surface area contributed by atoms with Crippen molar-refractivity contribution in [2.24, 2.45) is 17.3 Å². The third-order valence-electron chi connectivity index (χ3n) is 10.5. The molecule has 0 bridgehead atoms. The first-order valence-corrected chi connectivity index (χ1v) is 16.1. The third-order valence-corrected chi connectivity index (χ3v) is 10.5. The molecule has 0 spiro atoms. The Morgan fingerprint density at radius 3 is 2.41 bits per heavy atom. The SMILES string of the molecule is Cc1cc(F)cc(C)c1-c1cc(F)c(F)c([C@H](CC(=O)O)NC(=O)[C@@H]2[C@@H]3[C@H](CN2C(=O)c2cn4cccc(N5CC(F)C5)c4n2)C3(C)C)c1. The lowest BCUT2D eigenvalue weighted by molar-refractivity contribution is -0.138. The molecule has 2 amide bonds. The maximum atomic E-state index is 15.5. The highest BCUT2D eigenvalue weighted by Crippen LogP contribution is 2.65. The number of rotatable bonds is 8. The Labute approximate surface area is 279 Å². The summed E-state index contributed by atoms with van der Waals surface area (Å²) in [6.45, 7) is 7.89. The van der Waals surface area contributed by atoms with E-state index in [1.165, 1.54) is 23.1 Å². The zero-order valence-electron chi connectivity index (χ0n) is 27.3. The molecule has 0 unspecified atom stereocenters. The molecule has 2 N–H and O–H groups in total. The van der Waals surface area contributed by atoms with Crippen molar-refractivity contribution in [2.45, 2.75) is 52.4 Å². The molecule has 4 atom stereocenters. The fourth-order valence-electron chi connectivity index (χ4n) is 7.96. The molecular formula is C36H35F4N5O4. The molecule has 9 nitrogen and oxygen atoms in total. The average molecular weight is 678 g/mol. The van der Waals surface area contributed by atoms with Crippen LogP contribution in [0.15, 0.2) is 48.8 Å². The van der Waals surface area contributed by atoms with Crippen molar-refractivity contribution in [2.75, 3.05) is 24.5 Å². The van der Waals surface area contributed by atoms with Crippen molar-refractivity contribution in [3.05, 3.63) is 88.6 Å². The quantitative estimate of drug-likeness (QED) is 0.235. The third kappa shape index (κ3) is 5.48. The first-order chi connectivity index (χ1) is 23.1. The smallest absolute Gasteiger partial charge is 0.305 e. The molecule has 2 aromatic heterocycles. The van der Waals surface area contributed by atoms with Crippen LogP contribution in [0.4, 0.5) is 23.2 Å². The van der Waals surface area contributed by atoms with Gasteiger partial charge in [-0.05, 0) is 89.8 Å². The summed E-state index contributed by atoms with van der Waals surface area (Å²) in [5, 5.41) is 12.4. The number of aromatic nitrogens is 2. The van der Waals surface area contributed by atoms with Gasteiger partial charge in [-0.2, -0.15) is 0 Å². The van der Waals surface area contributed by atoms with E-state index in [9.17, 15) is 28.3 Å². The van der Waals surface area contributed by atoms with Crippen LogP contribution in [0.1, 0.15) is 53.5 Å². The number of benzene rings is 2. The molecule has 0 radical (unpaired) electrons. The number of halogens is 4. The van der Waals surface area contributed by atoms with Gasteiger partial charge in [-0.25, -0.2) is 22.5 Å². The number of carboxylic acids is 1. The number of anilines is 1. The van der Waals surface area contributed by atoms with E-state index in [2.05, 4.69) is 10.3 Å². The lowest BCUT2D eigenvalue weighted by Crippen LogP contribution is -2.51. The number of likely N-dealkylation sites (tertiary alicyclic amines) is 1. The number of hydrogen-bond acceptors (Lipinski definition) is 5. The molecular weight excluding hydrogens is 642 g/mol. The normalized spacial score (nSPS) is 21.8. The molecule has 1 saturated carbocycles. The van der Waals surface area contributed by atoms with Crippen molar-refractivity contribution in [3.8, 4) is 11.1 Å². The van der Waals surface area contributed by atoms with E-state index in [-0.39, 0.29) is 53.7 Å². The number of carbonyl (C=O) groups excluding carboxylic acids is 2. The number of amides is 2. The summed E-state index contributed by atoms with van der Waals surface area (Å²) in [5.74, 6) is -5.94. The maximum absolute atomic E-state index is 15.5. The van der Waals surface area contributed by atoms with E-state index < -0.39 is 59.9 Å². The second kappa shape index (κ2) is 11.6. The second-order valence-corrected chi connectivity index (χ2v) is 14.0. The van der Waals surface area contributed by atoms with Gasteiger partial charge in [-0.1, -0.05) is 13.8 Å². The highest BCUT2D eigenvalue weighted by molar-refractivity contribution is 5.98. The lowest BCUT2D eigenvalue weighted by Gasteiger charge is -2.36. The molecule has 3 aliphatic rings. The Hall–Kier alpha value is -4.94. The standard InChI is InChI=1S/C36H35F4N5O4/c1-17-8-20(37)9-18(2)29(17)19-10-22(31(40)24(39)11-19)25(12-28(46)47)42-34(48)32-30-23(36(30,3)4)15-45(32)35(49)26-16-43-7-5-6-27(33(43)41-26)44-13-21(38)14-44/h5-11,16,21,23,25,30,32H,12-15H2,1-4H3,(H,42,48)(H,46,47)/t23-,25-,30-,32-/m0/s1. The summed E-state index contributed by atoms with van der Waals surface area (Å²) in [5.41, 5.74) is 2.11. The van der Waals surface area contributed by atoms with E-state index >= 15 is 8.78 Å². The molecule has 3 fully saturated rings. The van der Waals surface area contributed by atoms with E-state index in [1.807, 2.05) is 18.7 Å². The summed E-state index contributed by atoms with van der Waals surface area (Å²) in [4.78, 5) is 48.0. The molecule has 13 heteroatoms. The summed E-state index contributed by atoms with van der Waals surface area (Å²) < 4.78 is 60.0. The van der Waals surface area contributed by atoms with Crippen molar-refractivity contribution in [1.29, 1.82) is 0 Å². The number of pyridine rings is 1. The predicted octanol–water partition coefficient (Wildman–Crippen LogP) is 5.62. The van der Waals surface area contributed by atoms with Gasteiger partial charge < -0.3 is 24.6 Å². The van der Waals surface area contributed by atoms with Crippen molar-refractivity contribution < 1.29 is 37.1 Å². The summed E-state index contributed by atoms with van der Waals surface area (Å²) in [6, 6.07) is 5.79. The van der Waals surface area contributed by atoms with Gasteiger partial charge in [0.15, 0.2) is 17.3 Å². The van der Waals surface area contributed by atoms with Gasteiger partial charge in [0.2, 0.25) is 5.91 Å². The number of fused-ring (bicyclic) bond motifs is 2. The summed E-state index contributed by atoms with van der Waals surface area (Å²) in [6.07, 6.45) is 1.56. The minimum atomic E-state index is -1.49. The van der Waals surface area contributed by atoms with Crippen LogP contribution in [-0.2, 0) is 9.59 Å². The van der Waals surface area contributed by atoms with Crippen molar-refractivity contribution in [1.82, 2.24) is 19.6 Å². The number of aryl methyl sites for hydroxylation is 2. The summed E-state index contributed by atoms with van der Waals surface area (Å²) in [7, 11) is 0. The number of piperidine rings is 1. The fourth-order valence-corrected chi connectivity index (χ4v) is 7.96. The zero-order chi connectivity index (χ0) is 35.1. The Kier molecular flexibility index (Phi) is 7.71. The van der Waals surface area contributed by atoms with Crippen LogP contribution in [0.3, 0.4) is 0 Å². The molecule has 2 aliphatic heterocycles. The monoisotopic (exact) mass is 677 g/mol. The van der Waals surface area contributed by atoms with Gasteiger partial charge >= 0.3 is 5.97 Å². The van der Waals surface area contributed by atoms with Gasteiger partial charge in [0.25, 0.3) is 5.91 Å². The van der Waals surface area contributed by atoms with Crippen LogP contribution >= 0.6 is 0 Å². The van der Waals surface area contributed by atoms with Crippen molar-refractivity contribution >= 4 is 29.1 Å². The lowest BCUT2D eigenvalue weighted by atomic mass is 9.91. The summed E-state index contributed by atoms with van der Waals surface area (Å²) >= 11 is 0. The number of imidazole rings is 1. The largest absolute Gasteiger partial charge is 0.481 e. The molecule has 2 aromatic carbocycles. The first-order valence-electron chi connectivity index (χ1n) is 16.1. The highest BCUT2D eigenvalue weighted by atomic mass is 19.2. The van der Waals surface area contributed by atoms with Crippen LogP contribution in [0.25, 0.3) is 16.8 Å². The molecule has 256 valence electrons. The van der Waals surface area contributed by atoms with Crippen LogP contribution in [0, 0.1) is 48.5 Å². The number of hydrogen-bond donors (Lipinski definition) is 2.